The van der Waals surface area contributed by atoms with Crippen molar-refractivity contribution in [3.05, 3.63) is 35.5 Å². The maximum atomic E-state index is 10.2. The van der Waals surface area contributed by atoms with E-state index in [9.17, 15) is 10.2 Å². The van der Waals surface area contributed by atoms with E-state index in [-0.39, 0.29) is 0 Å². The smallest absolute Gasteiger partial charge is 0.0809 e. The molecule has 1 aliphatic heterocycles. The highest BCUT2D eigenvalue weighted by Crippen LogP contribution is 2.59. The van der Waals surface area contributed by atoms with Gasteiger partial charge >= 0.3 is 0 Å². The van der Waals surface area contributed by atoms with Gasteiger partial charge in [-0.2, -0.15) is 0 Å². The van der Waals surface area contributed by atoms with Crippen molar-refractivity contribution in [1.29, 1.82) is 0 Å². The van der Waals surface area contributed by atoms with Crippen molar-refractivity contribution in [3.8, 4) is 0 Å². The lowest BCUT2D eigenvalue weighted by Crippen LogP contribution is -2.48. The molecule has 1 heterocycles. The molecule has 0 spiro atoms. The Morgan fingerprint density at radius 2 is 1.91 bits per heavy atom. The summed E-state index contributed by atoms with van der Waals surface area (Å²) < 4.78 is 5.82. The summed E-state index contributed by atoms with van der Waals surface area (Å²) in [6, 6.07) is 0.534. The van der Waals surface area contributed by atoms with Gasteiger partial charge in [-0.3, -0.25) is 4.90 Å². The minimum atomic E-state index is -0.607. The minimum Gasteiger partial charge on any atom is -0.388 e. The number of nitrogens with zero attached hydrogens (tertiary/aromatic N) is 1. The number of hydrogen-bond donors (Lipinski definition) is 2. The molecular weight excluding hydrogens is 410 g/mol. The SMILES string of the molecule is C=C1[C@H](O)CC(=C/C=C2\CCC[C@]3(C)[C@@H]([C@H](C)CCN4C[C@@H](C)OC[C@H]4C)CC[C@@H]23)C[C@H]1O. The highest BCUT2D eigenvalue weighted by atomic mass is 16.5. The first-order valence-electron chi connectivity index (χ1n) is 13.5. The lowest BCUT2D eigenvalue weighted by Gasteiger charge is -2.45. The standard InChI is InChI=1S/C29H47NO3/c1-19(12-14-30-17-21(3)33-18-20(30)2)25-10-11-26-24(7-6-13-29(25,26)5)9-8-23-15-27(31)22(4)28(32)16-23/h8-9,19-21,25-28,31-32H,4,6-7,10-18H2,1-3,5H3/b24-9+/t19-,20-,21-,25-,26+,27-,28-,29-/m1/s1. The zero-order valence-corrected chi connectivity index (χ0v) is 21.4. The largest absolute Gasteiger partial charge is 0.388 e. The molecule has 0 bridgehead atoms. The monoisotopic (exact) mass is 457 g/mol. The molecule has 0 aromatic heterocycles. The van der Waals surface area contributed by atoms with Crippen LogP contribution in [0.5, 0.6) is 0 Å². The van der Waals surface area contributed by atoms with Gasteiger partial charge in [0, 0.05) is 12.6 Å². The predicted molar refractivity (Wildman–Crippen MR) is 135 cm³/mol. The molecule has 3 saturated carbocycles. The zero-order chi connectivity index (χ0) is 23.8. The first-order chi connectivity index (χ1) is 15.7. The third-order valence-electron chi connectivity index (χ3n) is 9.63. The maximum Gasteiger partial charge on any atom is 0.0809 e. The molecule has 4 aliphatic rings. The normalized spacial score (nSPS) is 42.4. The number of rotatable bonds is 5. The molecule has 2 N–H and O–H groups in total. The summed E-state index contributed by atoms with van der Waals surface area (Å²) >= 11 is 0. The molecule has 0 aromatic rings. The van der Waals surface area contributed by atoms with Crippen molar-refractivity contribution in [2.75, 3.05) is 19.7 Å². The van der Waals surface area contributed by atoms with Crippen LogP contribution in [-0.4, -0.2) is 59.2 Å². The van der Waals surface area contributed by atoms with Crippen molar-refractivity contribution in [2.45, 2.75) is 103 Å². The first-order valence-corrected chi connectivity index (χ1v) is 13.5. The van der Waals surface area contributed by atoms with Crippen molar-refractivity contribution in [3.63, 3.8) is 0 Å². The summed E-state index contributed by atoms with van der Waals surface area (Å²) in [7, 11) is 0. The molecule has 4 heteroatoms. The second-order valence-corrected chi connectivity index (χ2v) is 11.9. The van der Waals surface area contributed by atoms with E-state index < -0.39 is 12.2 Å². The molecule has 0 amide bonds. The van der Waals surface area contributed by atoms with E-state index in [1.165, 1.54) is 45.1 Å². The molecular formula is C29H47NO3. The molecule has 0 radical (unpaired) electrons. The second-order valence-electron chi connectivity index (χ2n) is 11.9. The van der Waals surface area contributed by atoms with Crippen LogP contribution in [0.4, 0.5) is 0 Å². The average Bonchev–Trinajstić information content (AvgIpc) is 3.14. The lowest BCUT2D eigenvalue weighted by molar-refractivity contribution is -0.0521. The van der Waals surface area contributed by atoms with E-state index in [2.05, 4.69) is 51.3 Å². The highest BCUT2D eigenvalue weighted by molar-refractivity contribution is 5.29. The van der Waals surface area contributed by atoms with Crippen LogP contribution >= 0.6 is 0 Å². The Bertz CT molecular complexity index is 757. The third kappa shape index (κ3) is 5.34. The summed E-state index contributed by atoms with van der Waals surface area (Å²) in [6.45, 7) is 16.5. The Labute approximate surface area is 201 Å². The Morgan fingerprint density at radius 3 is 2.64 bits per heavy atom. The van der Waals surface area contributed by atoms with Gasteiger partial charge in [0.25, 0.3) is 0 Å². The predicted octanol–water partition coefficient (Wildman–Crippen LogP) is 5.26. The topological polar surface area (TPSA) is 52.9 Å². The van der Waals surface area contributed by atoms with E-state index in [1.807, 2.05) is 0 Å². The maximum absolute atomic E-state index is 10.2. The fourth-order valence-corrected chi connectivity index (χ4v) is 7.49. The van der Waals surface area contributed by atoms with Gasteiger partial charge in [-0.05, 0) is 101 Å². The molecule has 4 fully saturated rings. The van der Waals surface area contributed by atoms with Crippen molar-refractivity contribution in [2.24, 2.45) is 23.2 Å². The van der Waals surface area contributed by atoms with E-state index >= 15 is 0 Å². The summed E-state index contributed by atoms with van der Waals surface area (Å²) in [5.41, 5.74) is 3.73. The number of allylic oxidation sites excluding steroid dienone is 3. The number of aliphatic hydroxyl groups is 2. The Hall–Kier alpha value is -0.940. The van der Waals surface area contributed by atoms with Crippen molar-refractivity contribution in [1.82, 2.24) is 4.90 Å². The molecule has 4 nitrogen and oxygen atoms in total. The number of fused-ring (bicyclic) bond motifs is 1. The van der Waals surface area contributed by atoms with Crippen LogP contribution in [0.3, 0.4) is 0 Å². The van der Waals surface area contributed by atoms with Gasteiger partial charge in [-0.1, -0.05) is 43.7 Å². The summed E-state index contributed by atoms with van der Waals surface area (Å²) in [6.07, 6.45) is 12.7. The number of ether oxygens (including phenoxy) is 1. The summed E-state index contributed by atoms with van der Waals surface area (Å²) in [4.78, 5) is 2.64. The molecule has 4 rings (SSSR count). The lowest BCUT2D eigenvalue weighted by atomic mass is 9.61. The quantitative estimate of drug-likeness (QED) is 0.553. The average molecular weight is 458 g/mol. The van der Waals surface area contributed by atoms with Crippen LogP contribution in [0.25, 0.3) is 0 Å². The highest BCUT2D eigenvalue weighted by Gasteiger charge is 2.50. The van der Waals surface area contributed by atoms with Crippen molar-refractivity contribution < 1.29 is 14.9 Å². The molecule has 8 atom stereocenters. The Balaban J connectivity index is 1.40. The van der Waals surface area contributed by atoms with E-state index in [4.69, 9.17) is 4.74 Å². The Kier molecular flexibility index (Phi) is 7.90. The van der Waals surface area contributed by atoms with Gasteiger partial charge < -0.3 is 14.9 Å². The molecule has 0 aromatic carbocycles. The van der Waals surface area contributed by atoms with Gasteiger partial charge in [0.15, 0.2) is 0 Å². The van der Waals surface area contributed by atoms with Gasteiger partial charge in [0.2, 0.25) is 0 Å². The van der Waals surface area contributed by atoms with E-state index in [0.29, 0.717) is 41.9 Å². The molecule has 0 unspecified atom stereocenters. The summed E-state index contributed by atoms with van der Waals surface area (Å²) in [5, 5.41) is 20.4. The Morgan fingerprint density at radius 1 is 1.18 bits per heavy atom. The number of hydrogen-bond acceptors (Lipinski definition) is 4. The third-order valence-corrected chi connectivity index (χ3v) is 9.63. The number of aliphatic hydroxyl groups excluding tert-OH is 2. The van der Waals surface area contributed by atoms with E-state index in [1.54, 1.807) is 5.57 Å². The van der Waals surface area contributed by atoms with Gasteiger partial charge in [0.05, 0.1) is 24.9 Å². The zero-order valence-electron chi connectivity index (χ0n) is 21.4. The molecule has 33 heavy (non-hydrogen) atoms. The van der Waals surface area contributed by atoms with Crippen molar-refractivity contribution >= 4 is 0 Å². The fraction of sp³-hybridized carbons (Fsp3) is 0.793. The van der Waals surface area contributed by atoms with Crippen LogP contribution in [-0.2, 0) is 4.74 Å². The molecule has 1 saturated heterocycles. The first kappa shape index (κ1) is 25.2. The fourth-order valence-electron chi connectivity index (χ4n) is 7.49. The van der Waals surface area contributed by atoms with Gasteiger partial charge in [-0.25, -0.2) is 0 Å². The van der Waals surface area contributed by atoms with Crippen LogP contribution in [0.1, 0.15) is 79.1 Å². The summed E-state index contributed by atoms with van der Waals surface area (Å²) in [5.74, 6) is 2.23. The number of morpholine rings is 1. The van der Waals surface area contributed by atoms with Gasteiger partial charge in [0.1, 0.15) is 0 Å². The minimum absolute atomic E-state index is 0.356. The van der Waals surface area contributed by atoms with Crippen LogP contribution in [0.15, 0.2) is 35.5 Å². The van der Waals surface area contributed by atoms with Crippen LogP contribution in [0.2, 0.25) is 0 Å². The van der Waals surface area contributed by atoms with Gasteiger partial charge in [-0.15, -0.1) is 0 Å². The molecule has 186 valence electrons. The van der Waals surface area contributed by atoms with E-state index in [0.717, 1.165) is 30.6 Å². The molecule has 3 aliphatic carbocycles. The van der Waals surface area contributed by atoms with Crippen LogP contribution < -0.4 is 0 Å². The van der Waals surface area contributed by atoms with Crippen LogP contribution in [0, 0.1) is 23.2 Å². The second kappa shape index (κ2) is 10.4.